The summed E-state index contributed by atoms with van der Waals surface area (Å²) in [5, 5.41) is 0. The third-order valence-corrected chi connectivity index (χ3v) is 8.83. The van der Waals surface area contributed by atoms with Crippen LogP contribution in [0, 0.1) is 0 Å². The summed E-state index contributed by atoms with van der Waals surface area (Å²) < 4.78 is 61.6. The van der Waals surface area contributed by atoms with Crippen LogP contribution in [0.3, 0.4) is 0 Å². The highest BCUT2D eigenvalue weighted by molar-refractivity contribution is 7.99. The third kappa shape index (κ3) is 4.60. The van der Waals surface area contributed by atoms with Crippen molar-refractivity contribution in [1.82, 2.24) is 0 Å². The number of fused-ring (bicyclic) bond motifs is 2. The molecule has 5 rings (SSSR count). The van der Waals surface area contributed by atoms with Crippen LogP contribution in [0.15, 0.2) is 117 Å². The van der Waals surface area contributed by atoms with Crippen LogP contribution < -0.4 is 14.2 Å². The van der Waals surface area contributed by atoms with E-state index in [1.54, 1.807) is 72.8 Å². The summed E-state index contributed by atoms with van der Waals surface area (Å²) in [4.78, 5) is 1.85. The van der Waals surface area contributed by atoms with Gasteiger partial charge >= 0.3 is 0 Å². The number of rotatable bonds is 6. The quantitative estimate of drug-likeness (QED) is 0.311. The SMILES string of the molecule is O=S(=O)(Nc1ccc2c(c1)Oc1ccc(NS(=O)(=O)c3ccccc3)cc1S2)c1ccccc1. The fraction of sp³-hybridized carbons (Fsp3) is 0. The van der Waals surface area contributed by atoms with E-state index in [4.69, 9.17) is 4.74 Å². The number of anilines is 2. The summed E-state index contributed by atoms with van der Waals surface area (Å²) >= 11 is 1.40. The average Bonchev–Trinajstić information content (AvgIpc) is 2.83. The average molecular weight is 511 g/mol. The van der Waals surface area contributed by atoms with Crippen LogP contribution in [0.1, 0.15) is 0 Å². The van der Waals surface area contributed by atoms with Crippen LogP contribution in [-0.2, 0) is 20.0 Å². The molecule has 0 atom stereocenters. The summed E-state index contributed by atoms with van der Waals surface area (Å²) in [5.74, 6) is 1.05. The molecular formula is C24H18N2O5S3. The number of nitrogens with one attached hydrogen (secondary N) is 2. The van der Waals surface area contributed by atoms with Crippen molar-refractivity contribution in [3.63, 3.8) is 0 Å². The van der Waals surface area contributed by atoms with E-state index in [2.05, 4.69) is 9.44 Å². The van der Waals surface area contributed by atoms with Gasteiger partial charge in [-0.05, 0) is 54.6 Å². The zero-order valence-corrected chi connectivity index (χ0v) is 20.0. The van der Waals surface area contributed by atoms with Crippen molar-refractivity contribution in [2.45, 2.75) is 19.6 Å². The predicted octanol–water partition coefficient (Wildman–Crippen LogP) is 5.55. The molecule has 172 valence electrons. The monoisotopic (exact) mass is 510 g/mol. The van der Waals surface area contributed by atoms with Gasteiger partial charge in [0.25, 0.3) is 20.0 Å². The van der Waals surface area contributed by atoms with E-state index >= 15 is 0 Å². The van der Waals surface area contributed by atoms with Crippen molar-refractivity contribution in [1.29, 1.82) is 0 Å². The molecule has 1 aliphatic rings. The fourth-order valence-corrected chi connectivity index (χ4v) is 6.45. The molecule has 0 aliphatic carbocycles. The fourth-order valence-electron chi connectivity index (χ4n) is 3.34. The normalized spacial score (nSPS) is 12.7. The Balaban J connectivity index is 1.36. The molecule has 10 heteroatoms. The highest BCUT2D eigenvalue weighted by Gasteiger charge is 2.22. The molecule has 34 heavy (non-hydrogen) atoms. The van der Waals surface area contributed by atoms with E-state index in [9.17, 15) is 16.8 Å². The van der Waals surface area contributed by atoms with Crippen LogP contribution in [0.5, 0.6) is 11.5 Å². The number of hydrogen-bond donors (Lipinski definition) is 2. The Hall–Kier alpha value is -3.47. The van der Waals surface area contributed by atoms with Gasteiger partial charge in [0.2, 0.25) is 0 Å². The van der Waals surface area contributed by atoms with Gasteiger partial charge in [-0.25, -0.2) is 16.8 Å². The molecular weight excluding hydrogens is 492 g/mol. The lowest BCUT2D eigenvalue weighted by atomic mass is 10.3. The van der Waals surface area contributed by atoms with E-state index in [1.807, 2.05) is 0 Å². The van der Waals surface area contributed by atoms with Gasteiger partial charge in [0.15, 0.2) is 0 Å². The van der Waals surface area contributed by atoms with Gasteiger partial charge in [-0.2, -0.15) is 0 Å². The Morgan fingerprint density at radius 2 is 1.09 bits per heavy atom. The van der Waals surface area contributed by atoms with Crippen molar-refractivity contribution < 1.29 is 21.6 Å². The van der Waals surface area contributed by atoms with Gasteiger partial charge in [-0.15, -0.1) is 0 Å². The van der Waals surface area contributed by atoms with E-state index in [0.717, 1.165) is 9.79 Å². The first-order valence-electron chi connectivity index (χ1n) is 10.1. The molecule has 0 unspecified atom stereocenters. The maximum atomic E-state index is 12.6. The second-order valence-corrected chi connectivity index (χ2v) is 11.8. The minimum Gasteiger partial charge on any atom is -0.455 e. The standard InChI is InChI=1S/C24H18N2O5S3/c27-33(28,19-7-3-1-4-8-19)25-17-12-14-23-22(15-17)31-21-13-11-18(16-24(21)32-23)26-34(29,30)20-9-5-2-6-10-20/h1-16,25-26H. The second-order valence-electron chi connectivity index (χ2n) is 7.36. The molecule has 0 bridgehead atoms. The topological polar surface area (TPSA) is 102 Å². The molecule has 1 heterocycles. The molecule has 0 saturated heterocycles. The van der Waals surface area contributed by atoms with E-state index < -0.39 is 20.0 Å². The van der Waals surface area contributed by atoms with E-state index in [-0.39, 0.29) is 9.79 Å². The van der Waals surface area contributed by atoms with Crippen LogP contribution in [0.25, 0.3) is 0 Å². The molecule has 1 aliphatic heterocycles. The molecule has 0 aromatic heterocycles. The van der Waals surface area contributed by atoms with Crippen molar-refractivity contribution >= 4 is 43.2 Å². The zero-order chi connectivity index (χ0) is 23.8. The first kappa shape index (κ1) is 22.3. The maximum absolute atomic E-state index is 12.6. The smallest absolute Gasteiger partial charge is 0.261 e. The highest BCUT2D eigenvalue weighted by atomic mass is 32.2. The summed E-state index contributed by atoms with van der Waals surface area (Å²) in [6.07, 6.45) is 0. The third-order valence-electron chi connectivity index (χ3n) is 4.94. The summed E-state index contributed by atoms with van der Waals surface area (Å²) in [5.41, 5.74) is 0.785. The van der Waals surface area contributed by atoms with Gasteiger partial charge < -0.3 is 4.74 Å². The minimum atomic E-state index is -3.72. The summed E-state index contributed by atoms with van der Waals surface area (Å²) in [6.45, 7) is 0. The lowest BCUT2D eigenvalue weighted by molar-refractivity contribution is 0.455. The Morgan fingerprint density at radius 1 is 0.559 bits per heavy atom. The molecule has 7 nitrogen and oxygen atoms in total. The lowest BCUT2D eigenvalue weighted by Crippen LogP contribution is -2.13. The Morgan fingerprint density at radius 3 is 1.68 bits per heavy atom. The van der Waals surface area contributed by atoms with Gasteiger partial charge in [0.05, 0.1) is 31.0 Å². The second kappa shape index (κ2) is 8.71. The van der Waals surface area contributed by atoms with Crippen LogP contribution in [0.4, 0.5) is 11.4 Å². The summed E-state index contributed by atoms with van der Waals surface area (Å²) in [7, 11) is -7.44. The van der Waals surface area contributed by atoms with E-state index in [0.29, 0.717) is 22.9 Å². The number of ether oxygens (including phenoxy) is 1. The van der Waals surface area contributed by atoms with Crippen molar-refractivity contribution in [2.75, 3.05) is 9.44 Å². The maximum Gasteiger partial charge on any atom is 0.261 e. The van der Waals surface area contributed by atoms with Crippen LogP contribution in [0.2, 0.25) is 0 Å². The van der Waals surface area contributed by atoms with Crippen LogP contribution >= 0.6 is 11.8 Å². The summed E-state index contributed by atoms with van der Waals surface area (Å²) in [6, 6.07) is 26.3. The van der Waals surface area contributed by atoms with Crippen molar-refractivity contribution in [3.8, 4) is 11.5 Å². The van der Waals surface area contributed by atoms with Crippen LogP contribution in [-0.4, -0.2) is 16.8 Å². The molecule has 4 aromatic carbocycles. The van der Waals surface area contributed by atoms with Crippen molar-refractivity contribution in [2.24, 2.45) is 0 Å². The first-order valence-corrected chi connectivity index (χ1v) is 13.9. The van der Waals surface area contributed by atoms with Gasteiger partial charge in [0.1, 0.15) is 11.5 Å². The number of hydrogen-bond acceptors (Lipinski definition) is 6. The molecule has 0 radical (unpaired) electrons. The zero-order valence-electron chi connectivity index (χ0n) is 17.5. The molecule has 0 spiro atoms. The van der Waals surface area contributed by atoms with Gasteiger partial charge in [-0.1, -0.05) is 48.2 Å². The van der Waals surface area contributed by atoms with Gasteiger partial charge in [0, 0.05) is 6.07 Å². The largest absolute Gasteiger partial charge is 0.455 e. The predicted molar refractivity (Wildman–Crippen MR) is 132 cm³/mol. The molecule has 0 fully saturated rings. The molecule has 0 amide bonds. The first-order chi connectivity index (χ1) is 16.3. The Labute approximate surface area is 201 Å². The van der Waals surface area contributed by atoms with Gasteiger partial charge in [-0.3, -0.25) is 9.44 Å². The molecule has 2 N–H and O–H groups in total. The minimum absolute atomic E-state index is 0.166. The lowest BCUT2D eigenvalue weighted by Gasteiger charge is -2.21. The van der Waals surface area contributed by atoms with Crippen molar-refractivity contribution in [3.05, 3.63) is 97.1 Å². The number of sulfonamides is 2. The number of benzene rings is 4. The Kier molecular flexibility index (Phi) is 5.72. The highest BCUT2D eigenvalue weighted by Crippen LogP contribution is 2.48. The molecule has 4 aromatic rings. The Bertz CT molecular complexity index is 1450. The molecule has 0 saturated carbocycles. The van der Waals surface area contributed by atoms with E-state index in [1.165, 1.54) is 36.0 Å².